The smallest absolute Gasteiger partial charge is 0.421 e. The average molecular weight is 527 g/mol. The lowest BCUT2D eigenvalue weighted by Crippen LogP contribution is -2.42. The second-order valence-corrected chi connectivity index (χ2v) is 8.89. The molecule has 1 aliphatic rings. The number of halogens is 4. The molecule has 1 aliphatic carbocycles. The molecule has 0 saturated heterocycles. The minimum atomic E-state index is -4.79. The van der Waals surface area contributed by atoms with Gasteiger partial charge in [0.2, 0.25) is 11.8 Å². The number of hydrogen-bond donors (Lipinski definition) is 0. The summed E-state index contributed by atoms with van der Waals surface area (Å²) in [6.07, 6.45) is 0.582. The highest BCUT2D eigenvalue weighted by atomic mass is 19.4. The van der Waals surface area contributed by atoms with Crippen molar-refractivity contribution in [2.45, 2.75) is 78.9 Å². The van der Waals surface area contributed by atoms with Crippen LogP contribution in [-0.4, -0.2) is 30.0 Å². The van der Waals surface area contributed by atoms with E-state index in [-0.39, 0.29) is 28.6 Å². The van der Waals surface area contributed by atoms with Crippen molar-refractivity contribution in [2.24, 2.45) is 5.92 Å². The molecule has 1 aromatic heterocycles. The van der Waals surface area contributed by atoms with Gasteiger partial charge in [0.05, 0.1) is 18.4 Å². The first-order valence-electron chi connectivity index (χ1n) is 12.4. The van der Waals surface area contributed by atoms with E-state index in [2.05, 4.69) is 4.98 Å². The first-order valence-corrected chi connectivity index (χ1v) is 12.4. The topological polar surface area (TPSA) is 68.7 Å². The zero-order chi connectivity index (χ0) is 27.9. The van der Waals surface area contributed by atoms with Crippen molar-refractivity contribution in [3.63, 3.8) is 0 Å². The largest absolute Gasteiger partial charge is 0.465 e. The number of methoxy groups -OCH3 is 1. The molecular weight excluding hydrogens is 492 g/mol. The van der Waals surface area contributed by atoms with E-state index < -0.39 is 41.2 Å². The van der Waals surface area contributed by atoms with E-state index in [1.807, 2.05) is 13.8 Å². The highest BCUT2D eigenvalue weighted by molar-refractivity contribution is 6.04. The van der Waals surface area contributed by atoms with Gasteiger partial charge in [0, 0.05) is 30.3 Å². The summed E-state index contributed by atoms with van der Waals surface area (Å²) in [5.74, 6) is -3.95. The van der Waals surface area contributed by atoms with Crippen LogP contribution in [0.3, 0.4) is 0 Å². The van der Waals surface area contributed by atoms with Gasteiger partial charge in [-0.25, -0.2) is 14.2 Å². The molecule has 0 unspecified atom stereocenters. The normalized spacial score (nSPS) is 14.0. The molecule has 37 heavy (non-hydrogen) atoms. The maximum atomic E-state index is 15.2. The first-order chi connectivity index (χ1) is 17.4. The van der Waals surface area contributed by atoms with Crippen molar-refractivity contribution in [3.8, 4) is 11.6 Å². The van der Waals surface area contributed by atoms with Crippen LogP contribution < -0.4 is 9.64 Å². The van der Waals surface area contributed by atoms with E-state index in [1.165, 1.54) is 11.8 Å². The molecule has 0 atom stereocenters. The van der Waals surface area contributed by atoms with E-state index in [0.717, 1.165) is 50.8 Å². The van der Waals surface area contributed by atoms with Crippen molar-refractivity contribution in [1.82, 2.24) is 4.98 Å². The summed E-state index contributed by atoms with van der Waals surface area (Å²) in [6, 6.07) is 2.28. The number of carbonyl (C=O) groups excluding carboxylic acids is 2. The van der Waals surface area contributed by atoms with Gasteiger partial charge >= 0.3 is 12.1 Å². The Kier molecular flexibility index (Phi) is 10.5. The van der Waals surface area contributed by atoms with Crippen LogP contribution in [0.15, 0.2) is 24.4 Å². The maximum Gasteiger partial charge on any atom is 0.421 e. The third-order valence-electron chi connectivity index (χ3n) is 5.92. The number of aryl methyl sites for hydroxylation is 1. The number of benzene rings is 1. The van der Waals surface area contributed by atoms with E-state index in [9.17, 15) is 22.8 Å². The van der Waals surface area contributed by atoms with Crippen LogP contribution in [0.5, 0.6) is 11.6 Å². The van der Waals surface area contributed by atoms with Crippen molar-refractivity contribution >= 4 is 17.6 Å². The van der Waals surface area contributed by atoms with E-state index in [4.69, 9.17) is 9.47 Å². The van der Waals surface area contributed by atoms with Crippen LogP contribution in [-0.2, 0) is 15.7 Å². The molecule has 3 rings (SSSR count). The van der Waals surface area contributed by atoms with Gasteiger partial charge in [0.15, 0.2) is 11.6 Å². The SMILES string of the molecule is CC.COC(=O)c1cc(Oc2ncc(C)cc2C(F)(F)F)c(F)cc1N(C(=O)C1CCCCC1)C(C)C. The number of hydrogen-bond acceptors (Lipinski definition) is 5. The Morgan fingerprint density at radius 1 is 1.08 bits per heavy atom. The fraction of sp³-hybridized carbons (Fsp3) is 0.519. The lowest BCUT2D eigenvalue weighted by atomic mass is 9.87. The van der Waals surface area contributed by atoms with E-state index >= 15 is 4.39 Å². The minimum Gasteiger partial charge on any atom is -0.465 e. The molecule has 0 spiro atoms. The average Bonchev–Trinajstić information content (AvgIpc) is 2.87. The Morgan fingerprint density at radius 2 is 1.70 bits per heavy atom. The first kappa shape index (κ1) is 30.1. The zero-order valence-electron chi connectivity index (χ0n) is 22.0. The van der Waals surface area contributed by atoms with Crippen LogP contribution in [0.4, 0.5) is 23.2 Å². The third kappa shape index (κ3) is 7.20. The molecule has 1 saturated carbocycles. The molecule has 1 amide bonds. The second-order valence-electron chi connectivity index (χ2n) is 8.89. The number of nitrogens with zero attached hydrogens (tertiary/aromatic N) is 2. The van der Waals surface area contributed by atoms with Gasteiger partial charge in [-0.05, 0) is 45.2 Å². The summed E-state index contributed by atoms with van der Waals surface area (Å²) < 4.78 is 65.7. The predicted octanol–water partition coefficient (Wildman–Crippen LogP) is 7.47. The number of ether oxygens (including phenoxy) is 2. The molecule has 10 heteroatoms. The van der Waals surface area contributed by atoms with Crippen molar-refractivity contribution in [2.75, 3.05) is 12.0 Å². The molecule has 0 radical (unpaired) electrons. The Morgan fingerprint density at radius 3 is 2.24 bits per heavy atom. The zero-order valence-corrected chi connectivity index (χ0v) is 22.0. The molecular formula is C27H34F4N2O4. The molecule has 1 aromatic carbocycles. The number of pyridine rings is 1. The Labute approximate surface area is 215 Å². The molecule has 204 valence electrons. The quantitative estimate of drug-likeness (QED) is 0.288. The molecule has 0 N–H and O–H groups in total. The van der Waals surface area contributed by atoms with Crippen molar-refractivity contribution in [1.29, 1.82) is 0 Å². The minimum absolute atomic E-state index is 0.0276. The molecule has 1 heterocycles. The summed E-state index contributed by atoms with van der Waals surface area (Å²) in [4.78, 5) is 31.0. The molecule has 2 aromatic rings. The molecule has 1 fully saturated rings. The van der Waals surface area contributed by atoms with Gasteiger partial charge < -0.3 is 14.4 Å². The number of rotatable bonds is 6. The third-order valence-corrected chi connectivity index (χ3v) is 5.92. The predicted molar refractivity (Wildman–Crippen MR) is 132 cm³/mol. The number of aromatic nitrogens is 1. The number of amides is 1. The summed E-state index contributed by atoms with van der Waals surface area (Å²) in [5.41, 5.74) is -1.18. The number of esters is 1. The fourth-order valence-electron chi connectivity index (χ4n) is 4.24. The number of anilines is 1. The highest BCUT2D eigenvalue weighted by Gasteiger charge is 2.37. The van der Waals surface area contributed by atoms with Gasteiger partial charge in [0.25, 0.3) is 0 Å². The van der Waals surface area contributed by atoms with Crippen LogP contribution >= 0.6 is 0 Å². The van der Waals surface area contributed by atoms with Crippen LogP contribution in [0.2, 0.25) is 0 Å². The van der Waals surface area contributed by atoms with E-state index in [1.54, 1.807) is 13.8 Å². The molecule has 0 bridgehead atoms. The van der Waals surface area contributed by atoms with Gasteiger partial charge in [-0.1, -0.05) is 33.1 Å². The highest BCUT2D eigenvalue weighted by Crippen LogP contribution is 2.40. The van der Waals surface area contributed by atoms with Gasteiger partial charge in [-0.15, -0.1) is 0 Å². The number of carbonyl (C=O) groups is 2. The standard InChI is InChI=1S/C25H28F4N2O4.C2H6/c1-14(2)31(23(32)16-8-6-5-7-9-16)20-12-19(26)21(11-17(20)24(33)34-4)35-22-18(25(27,28)29)10-15(3)13-30-22;1-2/h10-14,16H,5-9H2,1-4H3;1-2H3. The van der Waals surface area contributed by atoms with Gasteiger partial charge in [0.1, 0.15) is 5.56 Å². The Bertz CT molecular complexity index is 1100. The Hall–Kier alpha value is -3.17. The monoisotopic (exact) mass is 526 g/mol. The lowest BCUT2D eigenvalue weighted by molar-refractivity contribution is -0.139. The summed E-state index contributed by atoms with van der Waals surface area (Å²) in [7, 11) is 1.11. The Balaban J connectivity index is 0.00000235. The van der Waals surface area contributed by atoms with Crippen LogP contribution in [0.1, 0.15) is 81.3 Å². The van der Waals surface area contributed by atoms with Crippen molar-refractivity contribution < 1.29 is 36.6 Å². The van der Waals surface area contributed by atoms with E-state index in [0.29, 0.717) is 12.8 Å². The number of alkyl halides is 3. The summed E-state index contributed by atoms with van der Waals surface area (Å²) >= 11 is 0. The molecule has 0 aliphatic heterocycles. The van der Waals surface area contributed by atoms with Gasteiger partial charge in [-0.3, -0.25) is 4.79 Å². The fourth-order valence-corrected chi connectivity index (χ4v) is 4.24. The maximum absolute atomic E-state index is 15.2. The van der Waals surface area contributed by atoms with Crippen molar-refractivity contribution in [3.05, 3.63) is 46.9 Å². The molecule has 6 nitrogen and oxygen atoms in total. The summed E-state index contributed by atoms with van der Waals surface area (Å²) in [5, 5.41) is 0. The van der Waals surface area contributed by atoms with Gasteiger partial charge in [-0.2, -0.15) is 13.2 Å². The van der Waals surface area contributed by atoms with Crippen LogP contribution in [0, 0.1) is 18.7 Å². The summed E-state index contributed by atoms with van der Waals surface area (Å²) in [6.45, 7) is 8.90. The van der Waals surface area contributed by atoms with Crippen LogP contribution in [0.25, 0.3) is 0 Å². The second kappa shape index (κ2) is 12.9. The lowest BCUT2D eigenvalue weighted by Gasteiger charge is -2.33.